The van der Waals surface area contributed by atoms with Crippen molar-refractivity contribution in [2.75, 3.05) is 5.32 Å². The lowest BCUT2D eigenvalue weighted by molar-refractivity contribution is -0.105. The van der Waals surface area contributed by atoms with Gasteiger partial charge in [0, 0.05) is 22.6 Å². The van der Waals surface area contributed by atoms with E-state index in [-0.39, 0.29) is 0 Å². The van der Waals surface area contributed by atoms with Gasteiger partial charge < -0.3 is 5.32 Å². The zero-order valence-electron chi connectivity index (χ0n) is 9.27. The van der Waals surface area contributed by atoms with Crippen LogP contribution in [0.4, 0.5) is 5.69 Å². The van der Waals surface area contributed by atoms with Gasteiger partial charge in [0.2, 0.25) is 6.41 Å². The number of carbonyl (C=O) groups excluding carboxylic acids is 1. The molecule has 86 valence electrons. The van der Waals surface area contributed by atoms with E-state index in [4.69, 9.17) is 11.6 Å². The normalized spacial score (nSPS) is 10.0. The van der Waals surface area contributed by atoms with Crippen LogP contribution in [-0.2, 0) is 4.79 Å². The van der Waals surface area contributed by atoms with E-state index in [0.29, 0.717) is 17.1 Å². The maximum atomic E-state index is 10.4. The number of anilines is 1. The summed E-state index contributed by atoms with van der Waals surface area (Å²) in [4.78, 5) is 14.6. The van der Waals surface area contributed by atoms with Gasteiger partial charge in [0.05, 0.1) is 0 Å². The molecule has 0 radical (unpaired) electrons. The molecule has 0 aliphatic rings. The van der Waals surface area contributed by atoms with Gasteiger partial charge in [-0.05, 0) is 48.4 Å². The molecule has 1 aromatic heterocycles. The predicted octanol–water partition coefficient (Wildman–Crippen LogP) is 3.28. The van der Waals surface area contributed by atoms with Gasteiger partial charge in [0.25, 0.3) is 0 Å². The molecular weight excluding hydrogens is 236 g/mol. The van der Waals surface area contributed by atoms with E-state index in [1.54, 1.807) is 12.3 Å². The van der Waals surface area contributed by atoms with Crippen LogP contribution >= 0.6 is 11.6 Å². The molecule has 0 atom stereocenters. The van der Waals surface area contributed by atoms with E-state index in [9.17, 15) is 4.79 Å². The van der Waals surface area contributed by atoms with Gasteiger partial charge in [0.1, 0.15) is 0 Å². The number of benzene rings is 1. The number of aryl methyl sites for hydroxylation is 1. The summed E-state index contributed by atoms with van der Waals surface area (Å²) in [6.07, 6.45) is 2.38. The van der Waals surface area contributed by atoms with Crippen molar-refractivity contribution < 1.29 is 4.79 Å². The van der Waals surface area contributed by atoms with E-state index in [0.717, 1.165) is 16.8 Å². The minimum Gasteiger partial charge on any atom is -0.329 e. The fourth-order valence-electron chi connectivity index (χ4n) is 1.63. The van der Waals surface area contributed by atoms with Crippen molar-refractivity contribution in [2.45, 2.75) is 6.92 Å². The number of hydrogen-bond acceptors (Lipinski definition) is 2. The van der Waals surface area contributed by atoms with Crippen molar-refractivity contribution in [3.05, 3.63) is 47.2 Å². The van der Waals surface area contributed by atoms with Gasteiger partial charge in [-0.2, -0.15) is 0 Å². The number of amides is 1. The third kappa shape index (κ3) is 2.82. The van der Waals surface area contributed by atoms with Gasteiger partial charge in [-0.15, -0.1) is 0 Å². The monoisotopic (exact) mass is 246 g/mol. The minimum atomic E-state index is 0.585. The number of pyridine rings is 1. The summed E-state index contributed by atoms with van der Waals surface area (Å²) < 4.78 is 0. The summed E-state index contributed by atoms with van der Waals surface area (Å²) >= 11 is 6.00. The lowest BCUT2D eigenvalue weighted by Crippen LogP contribution is -1.94. The molecule has 0 aliphatic carbocycles. The van der Waals surface area contributed by atoms with Gasteiger partial charge >= 0.3 is 0 Å². The molecule has 1 aromatic carbocycles. The Hall–Kier alpha value is -1.87. The lowest BCUT2D eigenvalue weighted by Gasteiger charge is -2.06. The van der Waals surface area contributed by atoms with Crippen LogP contribution in [0.2, 0.25) is 5.02 Å². The van der Waals surface area contributed by atoms with E-state index < -0.39 is 0 Å². The van der Waals surface area contributed by atoms with Crippen molar-refractivity contribution >= 4 is 23.7 Å². The molecule has 0 spiro atoms. The summed E-state index contributed by atoms with van der Waals surface area (Å²) in [7, 11) is 0. The maximum Gasteiger partial charge on any atom is 0.211 e. The number of halogens is 1. The highest BCUT2D eigenvalue weighted by molar-refractivity contribution is 6.31. The zero-order valence-corrected chi connectivity index (χ0v) is 10.0. The number of nitrogens with zero attached hydrogens (tertiary/aromatic N) is 1. The maximum absolute atomic E-state index is 10.4. The number of rotatable bonds is 3. The summed E-state index contributed by atoms with van der Waals surface area (Å²) in [5.74, 6) is 0. The van der Waals surface area contributed by atoms with Crippen LogP contribution in [-0.4, -0.2) is 11.4 Å². The minimum absolute atomic E-state index is 0.585. The molecule has 0 unspecified atom stereocenters. The molecule has 0 aliphatic heterocycles. The van der Waals surface area contributed by atoms with Crippen LogP contribution in [0.5, 0.6) is 0 Å². The molecule has 2 aromatic rings. The molecule has 3 nitrogen and oxygen atoms in total. The first-order chi connectivity index (χ1) is 8.19. The molecule has 0 bridgehead atoms. The van der Waals surface area contributed by atoms with Crippen LogP contribution < -0.4 is 5.32 Å². The van der Waals surface area contributed by atoms with Crippen molar-refractivity contribution in [3.63, 3.8) is 0 Å². The second kappa shape index (κ2) is 4.97. The number of nitrogens with one attached hydrogen (secondary N) is 1. The Morgan fingerprint density at radius 2 is 2.06 bits per heavy atom. The van der Waals surface area contributed by atoms with E-state index in [2.05, 4.69) is 10.3 Å². The van der Waals surface area contributed by atoms with E-state index >= 15 is 0 Å². The van der Waals surface area contributed by atoms with Crippen LogP contribution in [0.3, 0.4) is 0 Å². The van der Waals surface area contributed by atoms with Gasteiger partial charge in [-0.3, -0.25) is 9.78 Å². The Balaban J connectivity index is 2.47. The third-order valence-electron chi connectivity index (χ3n) is 2.35. The summed E-state index contributed by atoms with van der Waals surface area (Å²) in [5, 5.41) is 3.18. The molecule has 0 saturated carbocycles. The van der Waals surface area contributed by atoms with Crippen molar-refractivity contribution in [1.29, 1.82) is 0 Å². The van der Waals surface area contributed by atoms with Gasteiger partial charge in [-0.1, -0.05) is 11.6 Å². The fraction of sp³-hybridized carbons (Fsp3) is 0.0769. The van der Waals surface area contributed by atoms with E-state index in [1.165, 1.54) is 0 Å². The quantitative estimate of drug-likeness (QED) is 0.845. The third-order valence-corrected chi connectivity index (χ3v) is 2.57. The highest BCUT2D eigenvalue weighted by atomic mass is 35.5. The Morgan fingerprint density at radius 1 is 1.24 bits per heavy atom. The number of hydrogen-bond donors (Lipinski definition) is 1. The molecule has 0 fully saturated rings. The largest absolute Gasteiger partial charge is 0.329 e. The van der Waals surface area contributed by atoms with Crippen LogP contribution in [0.25, 0.3) is 11.1 Å². The van der Waals surface area contributed by atoms with Gasteiger partial charge in [-0.25, -0.2) is 0 Å². The zero-order chi connectivity index (χ0) is 12.3. The molecular formula is C13H11ClN2O. The molecule has 1 N–H and O–H groups in total. The molecule has 2 rings (SSSR count). The summed E-state index contributed by atoms with van der Waals surface area (Å²) in [5.41, 5.74) is 3.59. The summed E-state index contributed by atoms with van der Waals surface area (Å²) in [6, 6.07) is 9.30. The van der Waals surface area contributed by atoms with Crippen molar-refractivity contribution in [3.8, 4) is 11.1 Å². The second-order valence-electron chi connectivity index (χ2n) is 3.68. The Bertz CT molecular complexity index is 555. The van der Waals surface area contributed by atoms with E-state index in [1.807, 2.05) is 31.2 Å². The first-order valence-corrected chi connectivity index (χ1v) is 5.50. The topological polar surface area (TPSA) is 42.0 Å². The van der Waals surface area contributed by atoms with Crippen LogP contribution in [0.15, 0.2) is 36.5 Å². The highest BCUT2D eigenvalue weighted by Gasteiger charge is 2.02. The van der Waals surface area contributed by atoms with Gasteiger partial charge in [0.15, 0.2) is 0 Å². The molecule has 0 saturated heterocycles. The Kier molecular flexibility index (Phi) is 3.40. The van der Waals surface area contributed by atoms with Crippen LogP contribution in [0, 0.1) is 6.92 Å². The smallest absolute Gasteiger partial charge is 0.211 e. The molecule has 4 heteroatoms. The standard InChI is InChI=1S/C13H11ClN2O/c1-9-4-10(2-3-15-9)11-5-12(14)7-13(6-11)16-8-17/h2-8H,1H3,(H,16,17). The first-order valence-electron chi connectivity index (χ1n) is 5.13. The fourth-order valence-corrected chi connectivity index (χ4v) is 1.87. The Labute approximate surface area is 104 Å². The SMILES string of the molecule is Cc1cc(-c2cc(Cl)cc(NC=O)c2)ccn1. The second-order valence-corrected chi connectivity index (χ2v) is 4.11. The number of aromatic nitrogens is 1. The molecule has 1 heterocycles. The highest BCUT2D eigenvalue weighted by Crippen LogP contribution is 2.27. The van der Waals surface area contributed by atoms with Crippen molar-refractivity contribution in [1.82, 2.24) is 4.98 Å². The summed E-state index contributed by atoms with van der Waals surface area (Å²) in [6.45, 7) is 1.93. The molecule has 17 heavy (non-hydrogen) atoms. The number of carbonyl (C=O) groups is 1. The Morgan fingerprint density at radius 3 is 2.76 bits per heavy atom. The predicted molar refractivity (Wildman–Crippen MR) is 69.1 cm³/mol. The average molecular weight is 247 g/mol. The first kappa shape index (κ1) is 11.6. The average Bonchev–Trinajstić information content (AvgIpc) is 2.28. The lowest BCUT2D eigenvalue weighted by atomic mass is 10.1. The van der Waals surface area contributed by atoms with Crippen molar-refractivity contribution in [2.24, 2.45) is 0 Å². The molecule has 1 amide bonds. The van der Waals surface area contributed by atoms with Crippen LogP contribution in [0.1, 0.15) is 5.69 Å².